The van der Waals surface area contributed by atoms with Gasteiger partial charge in [0.05, 0.1) is 6.61 Å². The summed E-state index contributed by atoms with van der Waals surface area (Å²) in [5.41, 5.74) is 4.02. The number of benzene rings is 2. The van der Waals surface area contributed by atoms with E-state index >= 15 is 0 Å². The molecule has 0 fully saturated rings. The molecule has 0 N–H and O–H groups in total. The fourth-order valence-electron chi connectivity index (χ4n) is 3.79. The van der Waals surface area contributed by atoms with Crippen LogP contribution in [-0.4, -0.2) is 6.61 Å². The number of ether oxygens (including phenoxy) is 1. The highest BCUT2D eigenvalue weighted by Gasteiger charge is 2.01. The standard InChI is InChI=1S/C28H42O/c1-3-5-7-9-10-11-12-13-15-25-16-18-26(19-17-25)27-20-22-28(23-21-27)29-24-14-8-6-4-2/h16-23H,3-15,24H2,1-2H3. The summed E-state index contributed by atoms with van der Waals surface area (Å²) < 4.78 is 5.85. The van der Waals surface area contributed by atoms with E-state index < -0.39 is 0 Å². The first-order valence-electron chi connectivity index (χ1n) is 12.2. The molecular formula is C28H42O. The molecule has 0 saturated heterocycles. The summed E-state index contributed by atoms with van der Waals surface area (Å²) in [4.78, 5) is 0. The van der Waals surface area contributed by atoms with Gasteiger partial charge in [0.25, 0.3) is 0 Å². The zero-order valence-corrected chi connectivity index (χ0v) is 18.9. The Morgan fingerprint density at radius 1 is 0.517 bits per heavy atom. The summed E-state index contributed by atoms with van der Waals surface area (Å²) in [7, 11) is 0. The molecule has 0 heterocycles. The zero-order valence-electron chi connectivity index (χ0n) is 18.9. The SMILES string of the molecule is CCCCCCCCCCc1ccc(-c2ccc(OCCCCCC)cc2)cc1. The van der Waals surface area contributed by atoms with E-state index in [2.05, 4.69) is 62.4 Å². The lowest BCUT2D eigenvalue weighted by Gasteiger charge is -2.08. The van der Waals surface area contributed by atoms with Crippen LogP contribution in [0.2, 0.25) is 0 Å². The van der Waals surface area contributed by atoms with E-state index in [4.69, 9.17) is 4.74 Å². The number of unbranched alkanes of at least 4 members (excludes halogenated alkanes) is 10. The molecule has 0 amide bonds. The van der Waals surface area contributed by atoms with Crippen LogP contribution in [-0.2, 0) is 6.42 Å². The second-order valence-electron chi connectivity index (χ2n) is 8.36. The van der Waals surface area contributed by atoms with Crippen LogP contribution in [0.5, 0.6) is 5.75 Å². The normalized spacial score (nSPS) is 11.0. The molecule has 0 aliphatic rings. The van der Waals surface area contributed by atoms with Crippen LogP contribution in [0, 0.1) is 0 Å². The van der Waals surface area contributed by atoms with Gasteiger partial charge in [-0.3, -0.25) is 0 Å². The minimum Gasteiger partial charge on any atom is -0.494 e. The van der Waals surface area contributed by atoms with E-state index in [1.165, 1.54) is 93.7 Å². The largest absolute Gasteiger partial charge is 0.494 e. The van der Waals surface area contributed by atoms with Crippen molar-refractivity contribution in [1.29, 1.82) is 0 Å². The Balaban J connectivity index is 1.67. The Bertz CT molecular complexity index is 626. The van der Waals surface area contributed by atoms with Gasteiger partial charge >= 0.3 is 0 Å². The van der Waals surface area contributed by atoms with Crippen LogP contribution in [0.4, 0.5) is 0 Å². The van der Waals surface area contributed by atoms with E-state index in [0.717, 1.165) is 18.8 Å². The lowest BCUT2D eigenvalue weighted by Crippen LogP contribution is -1.96. The predicted octanol–water partition coefficient (Wildman–Crippen LogP) is 9.00. The first-order chi connectivity index (χ1) is 14.3. The molecule has 2 aromatic rings. The lowest BCUT2D eigenvalue weighted by atomic mass is 10.0. The molecule has 0 aliphatic carbocycles. The van der Waals surface area contributed by atoms with Gasteiger partial charge in [0.15, 0.2) is 0 Å². The molecule has 0 unspecified atom stereocenters. The van der Waals surface area contributed by atoms with Crippen molar-refractivity contribution >= 4 is 0 Å². The second kappa shape index (κ2) is 15.1. The van der Waals surface area contributed by atoms with Crippen molar-refractivity contribution in [2.45, 2.75) is 97.3 Å². The van der Waals surface area contributed by atoms with Gasteiger partial charge in [0.1, 0.15) is 5.75 Å². The molecule has 0 atom stereocenters. The molecule has 29 heavy (non-hydrogen) atoms. The van der Waals surface area contributed by atoms with Crippen molar-refractivity contribution in [3.8, 4) is 16.9 Å². The highest BCUT2D eigenvalue weighted by molar-refractivity contribution is 5.64. The van der Waals surface area contributed by atoms with Crippen LogP contribution < -0.4 is 4.74 Å². The second-order valence-corrected chi connectivity index (χ2v) is 8.36. The Kier molecular flexibility index (Phi) is 12.3. The van der Waals surface area contributed by atoms with E-state index in [-0.39, 0.29) is 0 Å². The minimum absolute atomic E-state index is 0.826. The number of rotatable bonds is 16. The fraction of sp³-hybridized carbons (Fsp3) is 0.571. The summed E-state index contributed by atoms with van der Waals surface area (Å²) in [6, 6.07) is 17.7. The van der Waals surface area contributed by atoms with Crippen LogP contribution in [0.15, 0.2) is 48.5 Å². The van der Waals surface area contributed by atoms with Crippen molar-refractivity contribution in [2.75, 3.05) is 6.61 Å². The molecule has 0 aromatic heterocycles. The average Bonchev–Trinajstić information content (AvgIpc) is 2.76. The van der Waals surface area contributed by atoms with Crippen LogP contribution in [0.25, 0.3) is 11.1 Å². The molecule has 160 valence electrons. The van der Waals surface area contributed by atoms with E-state index in [9.17, 15) is 0 Å². The predicted molar refractivity (Wildman–Crippen MR) is 128 cm³/mol. The summed E-state index contributed by atoms with van der Waals surface area (Å²) in [6.07, 6.45) is 17.3. The van der Waals surface area contributed by atoms with Crippen molar-refractivity contribution in [1.82, 2.24) is 0 Å². The molecule has 0 bridgehead atoms. The van der Waals surface area contributed by atoms with Gasteiger partial charge in [-0.15, -0.1) is 0 Å². The smallest absolute Gasteiger partial charge is 0.119 e. The topological polar surface area (TPSA) is 9.23 Å². The third kappa shape index (κ3) is 10.0. The summed E-state index contributed by atoms with van der Waals surface area (Å²) in [5.74, 6) is 0.983. The Morgan fingerprint density at radius 2 is 1.00 bits per heavy atom. The lowest BCUT2D eigenvalue weighted by molar-refractivity contribution is 0.305. The molecular weight excluding hydrogens is 352 g/mol. The Labute approximate surface area is 179 Å². The molecule has 0 radical (unpaired) electrons. The van der Waals surface area contributed by atoms with Crippen molar-refractivity contribution in [3.05, 3.63) is 54.1 Å². The van der Waals surface area contributed by atoms with Crippen LogP contribution in [0.3, 0.4) is 0 Å². The molecule has 2 aromatic carbocycles. The maximum absolute atomic E-state index is 5.85. The maximum Gasteiger partial charge on any atom is 0.119 e. The number of hydrogen-bond acceptors (Lipinski definition) is 1. The quantitative estimate of drug-likeness (QED) is 0.258. The maximum atomic E-state index is 5.85. The molecule has 1 heteroatoms. The van der Waals surface area contributed by atoms with E-state index in [1.807, 2.05) is 0 Å². The third-order valence-corrected chi connectivity index (χ3v) is 5.73. The van der Waals surface area contributed by atoms with Gasteiger partial charge in [0.2, 0.25) is 0 Å². The van der Waals surface area contributed by atoms with Gasteiger partial charge in [0, 0.05) is 0 Å². The van der Waals surface area contributed by atoms with Crippen LogP contribution in [0.1, 0.15) is 96.5 Å². The van der Waals surface area contributed by atoms with E-state index in [0.29, 0.717) is 0 Å². The molecule has 0 aliphatic heterocycles. The molecule has 0 spiro atoms. The zero-order chi connectivity index (χ0) is 20.6. The van der Waals surface area contributed by atoms with Crippen molar-refractivity contribution in [2.24, 2.45) is 0 Å². The van der Waals surface area contributed by atoms with Gasteiger partial charge in [-0.25, -0.2) is 0 Å². The fourth-order valence-corrected chi connectivity index (χ4v) is 3.79. The Hall–Kier alpha value is -1.76. The molecule has 1 nitrogen and oxygen atoms in total. The molecule has 0 saturated carbocycles. The average molecular weight is 395 g/mol. The van der Waals surface area contributed by atoms with Crippen LogP contribution >= 0.6 is 0 Å². The van der Waals surface area contributed by atoms with Gasteiger partial charge < -0.3 is 4.74 Å². The Morgan fingerprint density at radius 3 is 1.59 bits per heavy atom. The summed E-state index contributed by atoms with van der Waals surface area (Å²) in [5, 5.41) is 0. The highest BCUT2D eigenvalue weighted by atomic mass is 16.5. The van der Waals surface area contributed by atoms with Crippen molar-refractivity contribution in [3.63, 3.8) is 0 Å². The van der Waals surface area contributed by atoms with E-state index in [1.54, 1.807) is 0 Å². The van der Waals surface area contributed by atoms with Gasteiger partial charge in [-0.1, -0.05) is 114 Å². The monoisotopic (exact) mass is 394 g/mol. The third-order valence-electron chi connectivity index (χ3n) is 5.73. The molecule has 2 rings (SSSR count). The number of hydrogen-bond donors (Lipinski definition) is 0. The first kappa shape index (κ1) is 23.5. The highest BCUT2D eigenvalue weighted by Crippen LogP contribution is 2.23. The summed E-state index contributed by atoms with van der Waals surface area (Å²) >= 11 is 0. The first-order valence-corrected chi connectivity index (χ1v) is 12.2. The minimum atomic E-state index is 0.826. The van der Waals surface area contributed by atoms with Gasteiger partial charge in [-0.05, 0) is 48.1 Å². The van der Waals surface area contributed by atoms with Crippen molar-refractivity contribution < 1.29 is 4.74 Å². The summed E-state index contributed by atoms with van der Waals surface area (Å²) in [6.45, 7) is 5.35. The van der Waals surface area contributed by atoms with Gasteiger partial charge in [-0.2, -0.15) is 0 Å². The number of aryl methyl sites for hydroxylation is 1.